The van der Waals surface area contributed by atoms with Crippen molar-refractivity contribution < 1.29 is 0 Å². The molecule has 48 heavy (non-hydrogen) atoms. The molecular formula is C46H32N2. The van der Waals surface area contributed by atoms with Crippen LogP contribution in [0.4, 0.5) is 17.1 Å². The topological polar surface area (TPSA) is 8.17 Å². The maximum Gasteiger partial charge on any atom is 0.0561 e. The van der Waals surface area contributed by atoms with Crippen molar-refractivity contribution >= 4 is 49.6 Å². The molecule has 0 atom stereocenters. The van der Waals surface area contributed by atoms with Gasteiger partial charge in [0.2, 0.25) is 0 Å². The lowest BCUT2D eigenvalue weighted by atomic mass is 10.0. The van der Waals surface area contributed by atoms with Crippen LogP contribution in [0.5, 0.6) is 0 Å². The molecule has 8 aromatic carbocycles. The fraction of sp³-hybridized carbons (Fsp3) is 0. The smallest absolute Gasteiger partial charge is 0.0561 e. The van der Waals surface area contributed by atoms with Crippen molar-refractivity contribution in [3.05, 3.63) is 194 Å². The molecule has 226 valence electrons. The summed E-state index contributed by atoms with van der Waals surface area (Å²) >= 11 is 0. The summed E-state index contributed by atoms with van der Waals surface area (Å²) in [7, 11) is 0. The minimum absolute atomic E-state index is 1.11. The van der Waals surface area contributed by atoms with Gasteiger partial charge >= 0.3 is 0 Å². The lowest BCUT2D eigenvalue weighted by Gasteiger charge is -2.27. The minimum atomic E-state index is 1.11. The average molecular weight is 613 g/mol. The molecule has 9 rings (SSSR count). The molecule has 1 aromatic heterocycles. The highest BCUT2D eigenvalue weighted by molar-refractivity contribution is 6.11. The molecule has 0 N–H and O–H groups in total. The molecule has 0 spiro atoms. The van der Waals surface area contributed by atoms with Gasteiger partial charge in [-0.1, -0.05) is 146 Å². The predicted molar refractivity (Wildman–Crippen MR) is 204 cm³/mol. The van der Waals surface area contributed by atoms with Crippen molar-refractivity contribution in [2.45, 2.75) is 0 Å². The average Bonchev–Trinajstić information content (AvgIpc) is 3.49. The molecule has 2 heteroatoms. The van der Waals surface area contributed by atoms with Crippen LogP contribution in [0.15, 0.2) is 194 Å². The van der Waals surface area contributed by atoms with Gasteiger partial charge in [0.15, 0.2) is 0 Å². The fourth-order valence-electron chi connectivity index (χ4n) is 7.08. The second-order valence-corrected chi connectivity index (χ2v) is 12.2. The Kier molecular flexibility index (Phi) is 6.84. The molecule has 0 amide bonds. The number of para-hydroxylation sites is 1. The van der Waals surface area contributed by atoms with Crippen molar-refractivity contribution in [2.24, 2.45) is 0 Å². The Bertz CT molecular complexity index is 2530. The van der Waals surface area contributed by atoms with Crippen LogP contribution in [0.1, 0.15) is 0 Å². The van der Waals surface area contributed by atoms with Gasteiger partial charge in [-0.3, -0.25) is 0 Å². The second-order valence-electron chi connectivity index (χ2n) is 12.2. The molecule has 0 aliphatic heterocycles. The van der Waals surface area contributed by atoms with E-state index in [0.29, 0.717) is 0 Å². The molecule has 0 unspecified atom stereocenters. The summed E-state index contributed by atoms with van der Waals surface area (Å²) in [5.41, 5.74) is 11.7. The highest BCUT2D eigenvalue weighted by Gasteiger charge is 2.19. The Morgan fingerprint density at radius 3 is 1.58 bits per heavy atom. The Labute approximate surface area is 280 Å². The van der Waals surface area contributed by atoms with Gasteiger partial charge in [-0.25, -0.2) is 0 Å². The van der Waals surface area contributed by atoms with Gasteiger partial charge in [-0.15, -0.1) is 0 Å². The summed E-state index contributed by atoms with van der Waals surface area (Å²) in [5.74, 6) is 0. The Morgan fingerprint density at radius 1 is 0.333 bits per heavy atom. The van der Waals surface area contributed by atoms with Gasteiger partial charge in [0.25, 0.3) is 0 Å². The molecule has 0 radical (unpaired) electrons. The molecule has 0 bridgehead atoms. The summed E-state index contributed by atoms with van der Waals surface area (Å²) in [6, 6.07) is 69.9. The summed E-state index contributed by atoms with van der Waals surface area (Å²) in [6.45, 7) is 0. The van der Waals surface area contributed by atoms with Crippen LogP contribution in [-0.4, -0.2) is 4.57 Å². The lowest BCUT2D eigenvalue weighted by Crippen LogP contribution is -2.10. The molecule has 9 aromatic rings. The van der Waals surface area contributed by atoms with Crippen LogP contribution in [0, 0.1) is 0 Å². The van der Waals surface area contributed by atoms with E-state index in [1.54, 1.807) is 0 Å². The normalized spacial score (nSPS) is 11.3. The van der Waals surface area contributed by atoms with E-state index in [-0.39, 0.29) is 0 Å². The number of aromatic nitrogens is 1. The fourth-order valence-corrected chi connectivity index (χ4v) is 7.08. The molecule has 0 fully saturated rings. The van der Waals surface area contributed by atoms with Gasteiger partial charge in [0.1, 0.15) is 0 Å². The molecule has 0 saturated carbocycles. The Morgan fingerprint density at radius 2 is 0.854 bits per heavy atom. The van der Waals surface area contributed by atoms with Gasteiger partial charge < -0.3 is 9.47 Å². The number of hydrogen-bond acceptors (Lipinski definition) is 1. The summed E-state index contributed by atoms with van der Waals surface area (Å²) in [5, 5.41) is 4.90. The van der Waals surface area contributed by atoms with E-state index in [1.807, 2.05) is 0 Å². The number of anilines is 3. The zero-order valence-electron chi connectivity index (χ0n) is 26.4. The first-order valence-electron chi connectivity index (χ1n) is 16.4. The number of rotatable bonds is 6. The molecule has 0 saturated heterocycles. The third kappa shape index (κ3) is 4.83. The first-order valence-corrected chi connectivity index (χ1v) is 16.4. The second kappa shape index (κ2) is 11.8. The van der Waals surface area contributed by atoms with Crippen LogP contribution in [0.25, 0.3) is 60.5 Å². The van der Waals surface area contributed by atoms with E-state index >= 15 is 0 Å². The van der Waals surface area contributed by atoms with Crippen molar-refractivity contribution in [1.82, 2.24) is 4.57 Å². The molecule has 2 nitrogen and oxygen atoms in total. The van der Waals surface area contributed by atoms with Gasteiger partial charge in [-0.2, -0.15) is 0 Å². The largest absolute Gasteiger partial charge is 0.310 e. The number of nitrogens with zero attached hydrogens (tertiary/aromatic N) is 2. The van der Waals surface area contributed by atoms with Crippen molar-refractivity contribution in [3.63, 3.8) is 0 Å². The van der Waals surface area contributed by atoms with Crippen LogP contribution in [0.2, 0.25) is 0 Å². The Balaban J connectivity index is 1.29. The van der Waals surface area contributed by atoms with Gasteiger partial charge in [0.05, 0.1) is 16.7 Å². The quantitative estimate of drug-likeness (QED) is 0.181. The molecule has 0 aliphatic carbocycles. The first kappa shape index (κ1) is 27.9. The number of fused-ring (bicyclic) bond motifs is 4. The molecule has 1 heterocycles. The van der Waals surface area contributed by atoms with E-state index in [2.05, 4.69) is 204 Å². The zero-order valence-corrected chi connectivity index (χ0v) is 26.4. The summed E-state index contributed by atoms with van der Waals surface area (Å²) in [6.07, 6.45) is 0. The van der Waals surface area contributed by atoms with E-state index in [4.69, 9.17) is 0 Å². The number of benzene rings is 8. The monoisotopic (exact) mass is 612 g/mol. The maximum absolute atomic E-state index is 2.42. The zero-order chi connectivity index (χ0) is 31.9. The van der Waals surface area contributed by atoms with Crippen LogP contribution >= 0.6 is 0 Å². The highest BCUT2D eigenvalue weighted by atomic mass is 15.1. The summed E-state index contributed by atoms with van der Waals surface area (Å²) < 4.78 is 2.42. The molecule has 0 aliphatic rings. The van der Waals surface area contributed by atoms with Crippen LogP contribution in [-0.2, 0) is 0 Å². The van der Waals surface area contributed by atoms with Gasteiger partial charge in [-0.05, 0) is 76.2 Å². The van der Waals surface area contributed by atoms with E-state index < -0.39 is 0 Å². The minimum Gasteiger partial charge on any atom is -0.310 e. The van der Waals surface area contributed by atoms with Gasteiger partial charge in [0, 0.05) is 33.2 Å². The van der Waals surface area contributed by atoms with Crippen LogP contribution in [0.3, 0.4) is 0 Å². The third-order valence-corrected chi connectivity index (χ3v) is 9.37. The molecular weight excluding hydrogens is 581 g/mol. The summed E-state index contributed by atoms with van der Waals surface area (Å²) in [4.78, 5) is 2.40. The first-order chi connectivity index (χ1) is 23.8. The predicted octanol–water partition coefficient (Wildman–Crippen LogP) is 12.7. The number of hydrogen-bond donors (Lipinski definition) is 0. The van der Waals surface area contributed by atoms with E-state index in [1.165, 1.54) is 54.8 Å². The van der Waals surface area contributed by atoms with Crippen LogP contribution < -0.4 is 4.90 Å². The standard InChI is InChI=1S/C46H32N2/c1-4-13-33(14-5-1)35-23-26-39(27-24-35)47(44-22-12-18-36-17-10-11-21-41(36)44)40-28-30-43-42-29-25-37(34-15-6-2-7-16-34)31-45(42)48(46(43)32-40)38-19-8-3-9-20-38/h1-32H. The van der Waals surface area contributed by atoms with E-state index in [9.17, 15) is 0 Å². The van der Waals surface area contributed by atoms with Crippen molar-refractivity contribution in [2.75, 3.05) is 4.90 Å². The Hall–Kier alpha value is -6.38. The lowest BCUT2D eigenvalue weighted by molar-refractivity contribution is 1.18. The van der Waals surface area contributed by atoms with Crippen molar-refractivity contribution in [3.8, 4) is 27.9 Å². The maximum atomic E-state index is 2.42. The SMILES string of the molecule is c1ccc(-c2ccc(N(c3ccc4c5ccc(-c6ccccc6)cc5n(-c5ccccc5)c4c3)c3cccc4ccccc34)cc2)cc1. The van der Waals surface area contributed by atoms with Crippen molar-refractivity contribution in [1.29, 1.82) is 0 Å². The van der Waals surface area contributed by atoms with E-state index in [0.717, 1.165) is 22.7 Å². The highest BCUT2D eigenvalue weighted by Crippen LogP contribution is 2.43. The third-order valence-electron chi connectivity index (χ3n) is 9.37.